The molecule has 2 aromatic carbocycles. The first-order valence-corrected chi connectivity index (χ1v) is 7.05. The van der Waals surface area contributed by atoms with E-state index >= 15 is 0 Å². The summed E-state index contributed by atoms with van der Waals surface area (Å²) in [6.45, 7) is 0. The molecule has 0 aliphatic carbocycles. The molecule has 22 heavy (non-hydrogen) atoms. The number of carbonyl (C=O) groups excluding carboxylic acids is 2. The van der Waals surface area contributed by atoms with E-state index in [-0.39, 0.29) is 5.69 Å². The lowest BCUT2D eigenvalue weighted by Gasteiger charge is -2.03. The molecule has 6 heteroatoms. The predicted octanol–water partition coefficient (Wildman–Crippen LogP) is 3.69. The first-order valence-electron chi connectivity index (χ1n) is 6.25. The zero-order chi connectivity index (χ0) is 15.9. The standard InChI is InChI=1S/C16H11BrFNO3/c17-11-5-7-12(8-6-11)22-16(21)10-9-15(20)19-14-4-2-1-3-13(14)18/h1-10H,(H,19,20)/b10-9+. The van der Waals surface area contributed by atoms with Gasteiger partial charge in [-0.2, -0.15) is 0 Å². The molecule has 1 amide bonds. The van der Waals surface area contributed by atoms with E-state index in [0.717, 1.165) is 16.6 Å². The van der Waals surface area contributed by atoms with Gasteiger partial charge < -0.3 is 10.1 Å². The molecule has 112 valence electrons. The van der Waals surface area contributed by atoms with E-state index in [9.17, 15) is 14.0 Å². The highest BCUT2D eigenvalue weighted by molar-refractivity contribution is 9.10. The summed E-state index contributed by atoms with van der Waals surface area (Å²) in [5.74, 6) is -1.53. The Morgan fingerprint density at radius 1 is 1.05 bits per heavy atom. The molecule has 4 nitrogen and oxygen atoms in total. The van der Waals surface area contributed by atoms with Crippen LogP contribution in [0.5, 0.6) is 5.75 Å². The fourth-order valence-corrected chi connectivity index (χ4v) is 1.80. The Morgan fingerprint density at radius 2 is 1.73 bits per heavy atom. The molecule has 2 aromatic rings. The number of halogens is 2. The Labute approximate surface area is 134 Å². The van der Waals surface area contributed by atoms with Crippen molar-refractivity contribution in [1.82, 2.24) is 0 Å². The predicted molar refractivity (Wildman–Crippen MR) is 83.9 cm³/mol. The molecule has 1 N–H and O–H groups in total. The van der Waals surface area contributed by atoms with Crippen LogP contribution < -0.4 is 10.1 Å². The summed E-state index contributed by atoms with van der Waals surface area (Å²) in [6, 6.07) is 12.4. The van der Waals surface area contributed by atoms with Crippen molar-refractivity contribution in [3.8, 4) is 5.75 Å². The van der Waals surface area contributed by atoms with Crippen LogP contribution in [0, 0.1) is 5.82 Å². The molecule has 0 unspecified atom stereocenters. The first-order chi connectivity index (χ1) is 10.5. The molecule has 2 rings (SSSR count). The minimum absolute atomic E-state index is 0.0402. The van der Waals surface area contributed by atoms with Gasteiger partial charge in [-0.25, -0.2) is 9.18 Å². The Balaban J connectivity index is 1.90. The van der Waals surface area contributed by atoms with Crippen LogP contribution in [0.4, 0.5) is 10.1 Å². The van der Waals surface area contributed by atoms with Crippen molar-refractivity contribution in [3.63, 3.8) is 0 Å². The Kier molecular flexibility index (Phi) is 5.43. The summed E-state index contributed by atoms with van der Waals surface area (Å²) in [4.78, 5) is 23.1. The molecule has 0 bridgehead atoms. The molecule has 0 radical (unpaired) electrons. The minimum atomic E-state index is -0.703. The number of nitrogens with one attached hydrogen (secondary N) is 1. The fraction of sp³-hybridized carbons (Fsp3) is 0. The topological polar surface area (TPSA) is 55.4 Å². The number of anilines is 1. The van der Waals surface area contributed by atoms with E-state index in [4.69, 9.17) is 4.74 Å². The van der Waals surface area contributed by atoms with Crippen molar-refractivity contribution in [2.45, 2.75) is 0 Å². The molecule has 0 aromatic heterocycles. The van der Waals surface area contributed by atoms with Gasteiger partial charge in [0.25, 0.3) is 0 Å². The van der Waals surface area contributed by atoms with Crippen molar-refractivity contribution < 1.29 is 18.7 Å². The monoisotopic (exact) mass is 363 g/mol. The number of benzene rings is 2. The average Bonchev–Trinajstić information content (AvgIpc) is 2.50. The number of carbonyl (C=O) groups is 2. The molecule has 0 aliphatic heterocycles. The normalized spacial score (nSPS) is 10.5. The van der Waals surface area contributed by atoms with Crippen LogP contribution in [0.25, 0.3) is 0 Å². The van der Waals surface area contributed by atoms with Crippen LogP contribution in [0.15, 0.2) is 65.2 Å². The van der Waals surface area contributed by atoms with Gasteiger partial charge in [0.1, 0.15) is 11.6 Å². The Hall–Kier alpha value is -2.47. The molecule has 0 saturated carbocycles. The lowest BCUT2D eigenvalue weighted by atomic mass is 10.3. The maximum absolute atomic E-state index is 13.3. The van der Waals surface area contributed by atoms with E-state index in [0.29, 0.717) is 5.75 Å². The van der Waals surface area contributed by atoms with Gasteiger partial charge in [0.2, 0.25) is 5.91 Å². The number of esters is 1. The second-order valence-corrected chi connectivity index (χ2v) is 5.09. The van der Waals surface area contributed by atoms with E-state index in [1.807, 2.05) is 0 Å². The second kappa shape index (κ2) is 7.51. The van der Waals surface area contributed by atoms with Gasteiger partial charge in [-0.1, -0.05) is 28.1 Å². The van der Waals surface area contributed by atoms with Crippen LogP contribution in [0.1, 0.15) is 0 Å². The number of para-hydroxylation sites is 1. The largest absolute Gasteiger partial charge is 0.423 e. The molecular weight excluding hydrogens is 353 g/mol. The fourth-order valence-electron chi connectivity index (χ4n) is 1.53. The van der Waals surface area contributed by atoms with Crippen molar-refractivity contribution in [2.24, 2.45) is 0 Å². The minimum Gasteiger partial charge on any atom is -0.423 e. The Morgan fingerprint density at radius 3 is 2.41 bits per heavy atom. The van der Waals surface area contributed by atoms with Gasteiger partial charge in [-0.3, -0.25) is 4.79 Å². The van der Waals surface area contributed by atoms with Gasteiger partial charge in [0, 0.05) is 16.6 Å². The van der Waals surface area contributed by atoms with E-state index in [2.05, 4.69) is 21.2 Å². The highest BCUT2D eigenvalue weighted by atomic mass is 79.9. The zero-order valence-electron chi connectivity index (χ0n) is 11.3. The van der Waals surface area contributed by atoms with E-state index < -0.39 is 17.7 Å². The van der Waals surface area contributed by atoms with Crippen LogP contribution in [0.2, 0.25) is 0 Å². The number of amides is 1. The van der Waals surface area contributed by atoms with Crippen molar-refractivity contribution in [2.75, 3.05) is 5.32 Å². The lowest BCUT2D eigenvalue weighted by molar-refractivity contribution is -0.129. The van der Waals surface area contributed by atoms with Gasteiger partial charge in [-0.05, 0) is 36.4 Å². The third-order valence-corrected chi connectivity index (χ3v) is 3.06. The third-order valence-electron chi connectivity index (χ3n) is 2.53. The first kappa shape index (κ1) is 15.9. The van der Waals surface area contributed by atoms with Crippen LogP contribution in [-0.4, -0.2) is 11.9 Å². The maximum atomic E-state index is 13.3. The summed E-state index contributed by atoms with van der Waals surface area (Å²) in [5.41, 5.74) is 0.0402. The quantitative estimate of drug-likeness (QED) is 0.512. The molecule has 0 atom stereocenters. The Bertz CT molecular complexity index is 714. The number of hydrogen-bond acceptors (Lipinski definition) is 3. The summed E-state index contributed by atoms with van der Waals surface area (Å²) in [5, 5.41) is 2.32. The van der Waals surface area contributed by atoms with Crippen molar-refractivity contribution in [3.05, 3.63) is 71.0 Å². The molecule has 0 saturated heterocycles. The third kappa shape index (κ3) is 4.82. The van der Waals surface area contributed by atoms with Gasteiger partial charge >= 0.3 is 5.97 Å². The number of ether oxygens (including phenoxy) is 1. The summed E-state index contributed by atoms with van der Waals surface area (Å²) >= 11 is 3.26. The highest BCUT2D eigenvalue weighted by Crippen LogP contribution is 2.16. The number of hydrogen-bond donors (Lipinski definition) is 1. The zero-order valence-corrected chi connectivity index (χ0v) is 12.8. The molecule has 0 heterocycles. The van der Waals surface area contributed by atoms with E-state index in [1.165, 1.54) is 18.2 Å². The van der Waals surface area contributed by atoms with Crippen LogP contribution in [-0.2, 0) is 9.59 Å². The van der Waals surface area contributed by atoms with Crippen LogP contribution >= 0.6 is 15.9 Å². The maximum Gasteiger partial charge on any atom is 0.336 e. The lowest BCUT2D eigenvalue weighted by Crippen LogP contribution is -2.11. The number of rotatable bonds is 4. The summed E-state index contributed by atoms with van der Waals surface area (Å²) < 4.78 is 19.2. The van der Waals surface area contributed by atoms with Gasteiger partial charge in [-0.15, -0.1) is 0 Å². The van der Waals surface area contributed by atoms with Crippen LogP contribution in [0.3, 0.4) is 0 Å². The molecule has 0 spiro atoms. The summed E-state index contributed by atoms with van der Waals surface area (Å²) in [6.07, 6.45) is 1.95. The highest BCUT2D eigenvalue weighted by Gasteiger charge is 2.05. The van der Waals surface area contributed by atoms with Gasteiger partial charge in [0.15, 0.2) is 0 Å². The van der Waals surface area contributed by atoms with Gasteiger partial charge in [0.05, 0.1) is 5.69 Å². The summed E-state index contributed by atoms with van der Waals surface area (Å²) in [7, 11) is 0. The molecular formula is C16H11BrFNO3. The SMILES string of the molecule is O=C(/C=C/C(=O)Oc1ccc(Br)cc1)Nc1ccccc1F. The molecule has 0 fully saturated rings. The van der Waals surface area contributed by atoms with E-state index in [1.54, 1.807) is 30.3 Å². The molecule has 0 aliphatic rings. The average molecular weight is 364 g/mol. The smallest absolute Gasteiger partial charge is 0.336 e. The van der Waals surface area contributed by atoms with Crippen molar-refractivity contribution in [1.29, 1.82) is 0 Å². The second-order valence-electron chi connectivity index (χ2n) is 4.18. The van der Waals surface area contributed by atoms with Crippen molar-refractivity contribution >= 4 is 33.5 Å².